The summed E-state index contributed by atoms with van der Waals surface area (Å²) in [6.45, 7) is 1.26. The lowest BCUT2D eigenvalue weighted by Gasteiger charge is -2.16. The van der Waals surface area contributed by atoms with E-state index in [0.717, 1.165) is 6.42 Å². The summed E-state index contributed by atoms with van der Waals surface area (Å²) < 4.78 is 5.16. The minimum atomic E-state index is -0.884. The van der Waals surface area contributed by atoms with Crippen molar-refractivity contribution in [3.8, 4) is 0 Å². The first-order chi connectivity index (χ1) is 9.56. The molecular formula is C13H16Cl2N2O3. The van der Waals surface area contributed by atoms with Gasteiger partial charge in [0.1, 0.15) is 0 Å². The van der Waals surface area contributed by atoms with E-state index in [2.05, 4.69) is 10.6 Å². The maximum atomic E-state index is 11.6. The van der Waals surface area contributed by atoms with Gasteiger partial charge in [0, 0.05) is 28.8 Å². The third kappa shape index (κ3) is 4.24. The maximum absolute atomic E-state index is 11.6. The lowest BCUT2D eigenvalue weighted by atomic mass is 10.1. The average molecular weight is 319 g/mol. The topological polar surface area (TPSA) is 70.6 Å². The van der Waals surface area contributed by atoms with Gasteiger partial charge in [-0.15, -0.1) is 0 Å². The van der Waals surface area contributed by atoms with Gasteiger partial charge in [0.05, 0.1) is 18.8 Å². The van der Waals surface area contributed by atoms with E-state index in [1.165, 1.54) is 0 Å². The van der Waals surface area contributed by atoms with Crippen LogP contribution in [-0.2, 0) is 4.74 Å². The first-order valence-electron chi connectivity index (χ1n) is 6.31. The second-order valence-electron chi connectivity index (χ2n) is 4.60. The summed E-state index contributed by atoms with van der Waals surface area (Å²) in [7, 11) is 0. The first-order valence-corrected chi connectivity index (χ1v) is 7.07. The summed E-state index contributed by atoms with van der Waals surface area (Å²) in [6.07, 6.45) is -0.0794. The summed E-state index contributed by atoms with van der Waals surface area (Å²) >= 11 is 11.8. The predicted molar refractivity (Wildman–Crippen MR) is 77.2 cm³/mol. The number of ether oxygens (including phenoxy) is 1. The third-order valence-corrected chi connectivity index (χ3v) is 3.60. The highest BCUT2D eigenvalue weighted by atomic mass is 35.5. The van der Waals surface area contributed by atoms with Crippen molar-refractivity contribution in [1.29, 1.82) is 0 Å². The Labute approximate surface area is 127 Å². The number of aliphatic hydroxyl groups is 1. The maximum Gasteiger partial charge on any atom is 0.315 e. The molecule has 1 heterocycles. The van der Waals surface area contributed by atoms with Gasteiger partial charge in [-0.3, -0.25) is 0 Å². The van der Waals surface area contributed by atoms with E-state index in [4.69, 9.17) is 27.9 Å². The Morgan fingerprint density at radius 2 is 2.30 bits per heavy atom. The van der Waals surface area contributed by atoms with Crippen LogP contribution in [0.1, 0.15) is 18.1 Å². The molecule has 2 rings (SSSR count). The van der Waals surface area contributed by atoms with Crippen LogP contribution in [0.3, 0.4) is 0 Å². The number of benzene rings is 1. The normalized spacial score (nSPS) is 19.6. The van der Waals surface area contributed by atoms with Crippen molar-refractivity contribution in [1.82, 2.24) is 10.6 Å². The number of halogens is 2. The molecule has 0 aromatic heterocycles. The number of urea groups is 1. The number of hydrogen-bond acceptors (Lipinski definition) is 3. The first kappa shape index (κ1) is 15.4. The fourth-order valence-corrected chi connectivity index (χ4v) is 2.49. The van der Waals surface area contributed by atoms with E-state index in [9.17, 15) is 9.90 Å². The molecule has 1 aliphatic heterocycles. The molecule has 5 nitrogen and oxygen atoms in total. The molecule has 3 N–H and O–H groups in total. The Hall–Kier alpha value is -1.01. The lowest BCUT2D eigenvalue weighted by molar-refractivity contribution is 0.170. The number of amides is 2. The van der Waals surface area contributed by atoms with E-state index >= 15 is 0 Å². The zero-order valence-electron chi connectivity index (χ0n) is 10.7. The number of rotatable bonds is 4. The number of carbonyl (C=O) groups is 1. The van der Waals surface area contributed by atoms with Crippen molar-refractivity contribution in [2.24, 2.45) is 0 Å². The molecule has 2 unspecified atom stereocenters. The van der Waals surface area contributed by atoms with Gasteiger partial charge in [-0.1, -0.05) is 29.3 Å². The van der Waals surface area contributed by atoms with Crippen LogP contribution in [0, 0.1) is 0 Å². The highest BCUT2D eigenvalue weighted by molar-refractivity contribution is 6.35. The van der Waals surface area contributed by atoms with Gasteiger partial charge < -0.3 is 20.5 Å². The molecule has 1 saturated heterocycles. The second kappa shape index (κ2) is 7.13. The molecule has 7 heteroatoms. The number of hydrogen-bond donors (Lipinski definition) is 3. The molecule has 0 bridgehead atoms. The molecule has 1 aromatic rings. The molecule has 0 spiro atoms. The van der Waals surface area contributed by atoms with Crippen molar-refractivity contribution < 1.29 is 14.6 Å². The van der Waals surface area contributed by atoms with Crippen molar-refractivity contribution in [2.45, 2.75) is 18.6 Å². The van der Waals surface area contributed by atoms with E-state index in [-0.39, 0.29) is 18.6 Å². The summed E-state index contributed by atoms with van der Waals surface area (Å²) in [5, 5.41) is 16.2. The minimum absolute atomic E-state index is 0.0336. The Kier molecular flexibility index (Phi) is 5.48. The number of nitrogens with one attached hydrogen (secondary N) is 2. The molecular weight excluding hydrogens is 303 g/mol. The van der Waals surface area contributed by atoms with Crippen molar-refractivity contribution in [2.75, 3.05) is 19.8 Å². The molecule has 2 amide bonds. The average Bonchev–Trinajstić information content (AvgIpc) is 2.89. The van der Waals surface area contributed by atoms with Crippen molar-refractivity contribution in [3.05, 3.63) is 33.8 Å². The third-order valence-electron chi connectivity index (χ3n) is 3.04. The smallest absolute Gasteiger partial charge is 0.315 e. The van der Waals surface area contributed by atoms with Crippen LogP contribution in [0.5, 0.6) is 0 Å². The summed E-state index contributed by atoms with van der Waals surface area (Å²) in [4.78, 5) is 11.6. The van der Waals surface area contributed by atoms with Crippen LogP contribution in [-0.4, -0.2) is 36.9 Å². The molecule has 1 aliphatic rings. The van der Waals surface area contributed by atoms with Crippen LogP contribution in [0.2, 0.25) is 10.0 Å². The van der Waals surface area contributed by atoms with Gasteiger partial charge >= 0.3 is 6.03 Å². The van der Waals surface area contributed by atoms with Crippen LogP contribution < -0.4 is 10.6 Å². The predicted octanol–water partition coefficient (Wildman–Crippen LogP) is 2.11. The lowest BCUT2D eigenvalue weighted by Crippen LogP contribution is -2.43. The number of carbonyl (C=O) groups excluding carboxylic acids is 1. The van der Waals surface area contributed by atoms with E-state index in [1.807, 2.05) is 0 Å². The van der Waals surface area contributed by atoms with Crippen LogP contribution in [0.25, 0.3) is 0 Å². The Balaban J connectivity index is 1.81. The van der Waals surface area contributed by atoms with Crippen molar-refractivity contribution in [3.63, 3.8) is 0 Å². The zero-order chi connectivity index (χ0) is 14.5. The van der Waals surface area contributed by atoms with Crippen LogP contribution >= 0.6 is 23.2 Å². The summed E-state index contributed by atoms with van der Waals surface area (Å²) in [5.41, 5.74) is 0.528. The van der Waals surface area contributed by atoms with Crippen LogP contribution in [0.15, 0.2) is 18.2 Å². The molecule has 2 atom stereocenters. The quantitative estimate of drug-likeness (QED) is 0.796. The van der Waals surface area contributed by atoms with Gasteiger partial charge in [-0.05, 0) is 18.6 Å². The molecule has 1 fully saturated rings. The Bertz CT molecular complexity index is 479. The fraction of sp³-hybridized carbons (Fsp3) is 0.462. The molecule has 0 radical (unpaired) electrons. The Morgan fingerprint density at radius 1 is 1.50 bits per heavy atom. The SMILES string of the molecule is O=C(NCC(O)c1ccc(Cl)cc1Cl)NC1CCOC1. The Morgan fingerprint density at radius 3 is 2.95 bits per heavy atom. The second-order valence-corrected chi connectivity index (χ2v) is 5.44. The van der Waals surface area contributed by atoms with E-state index in [0.29, 0.717) is 28.8 Å². The fourth-order valence-electron chi connectivity index (χ4n) is 1.96. The van der Waals surface area contributed by atoms with Gasteiger partial charge in [-0.25, -0.2) is 4.79 Å². The van der Waals surface area contributed by atoms with Crippen molar-refractivity contribution >= 4 is 29.2 Å². The summed E-state index contributed by atoms with van der Waals surface area (Å²) in [6, 6.07) is 4.54. The molecule has 0 aliphatic carbocycles. The molecule has 0 saturated carbocycles. The van der Waals surface area contributed by atoms with Gasteiger partial charge in [0.25, 0.3) is 0 Å². The molecule has 110 valence electrons. The molecule has 1 aromatic carbocycles. The van der Waals surface area contributed by atoms with Gasteiger partial charge in [0.2, 0.25) is 0 Å². The van der Waals surface area contributed by atoms with E-state index < -0.39 is 6.10 Å². The van der Waals surface area contributed by atoms with Crippen LogP contribution in [0.4, 0.5) is 4.79 Å². The summed E-state index contributed by atoms with van der Waals surface area (Å²) in [5.74, 6) is 0. The standard InChI is InChI=1S/C13H16Cl2N2O3/c14-8-1-2-10(11(15)5-8)12(18)6-16-13(19)17-9-3-4-20-7-9/h1-2,5,9,12,18H,3-4,6-7H2,(H2,16,17,19). The zero-order valence-corrected chi connectivity index (χ0v) is 12.2. The minimum Gasteiger partial charge on any atom is -0.387 e. The largest absolute Gasteiger partial charge is 0.387 e. The van der Waals surface area contributed by atoms with Gasteiger partial charge in [-0.2, -0.15) is 0 Å². The van der Waals surface area contributed by atoms with E-state index in [1.54, 1.807) is 18.2 Å². The van der Waals surface area contributed by atoms with Gasteiger partial charge in [0.15, 0.2) is 0 Å². The monoisotopic (exact) mass is 318 g/mol. The highest BCUT2D eigenvalue weighted by Gasteiger charge is 2.18. The number of aliphatic hydroxyl groups excluding tert-OH is 1. The molecule has 20 heavy (non-hydrogen) atoms. The highest BCUT2D eigenvalue weighted by Crippen LogP contribution is 2.25.